The molecule has 0 spiro atoms. The van der Waals surface area contributed by atoms with Gasteiger partial charge in [-0.15, -0.1) is 0 Å². The number of pyridine rings is 1. The number of anilines is 1. The van der Waals surface area contributed by atoms with Gasteiger partial charge in [-0.3, -0.25) is 18.9 Å². The fourth-order valence-electron chi connectivity index (χ4n) is 3.03. The molecule has 1 atom stereocenters. The SMILES string of the molecule is CC1(C)C(N)=N[C@](C)(c2cc(NC(=O)c3ccc(F)cn3)ccc2F)CS1(O)O. The zero-order valence-corrected chi connectivity index (χ0v) is 16.9. The van der Waals surface area contributed by atoms with Crippen LogP contribution in [0.2, 0.25) is 0 Å². The predicted molar refractivity (Wildman–Crippen MR) is 109 cm³/mol. The Morgan fingerprint density at radius 1 is 1.21 bits per heavy atom. The number of hydrogen-bond acceptors (Lipinski definition) is 6. The molecule has 0 saturated carbocycles. The minimum atomic E-state index is -3.22. The van der Waals surface area contributed by atoms with E-state index < -0.39 is 38.4 Å². The summed E-state index contributed by atoms with van der Waals surface area (Å²) in [7, 11) is -3.22. The van der Waals surface area contributed by atoms with E-state index in [0.29, 0.717) is 0 Å². The second-order valence-electron chi connectivity index (χ2n) is 7.60. The maximum atomic E-state index is 14.6. The van der Waals surface area contributed by atoms with Gasteiger partial charge in [-0.05, 0) is 51.1 Å². The van der Waals surface area contributed by atoms with Crippen LogP contribution in [0.1, 0.15) is 36.8 Å². The van der Waals surface area contributed by atoms with Crippen molar-refractivity contribution in [2.75, 3.05) is 11.1 Å². The molecule has 5 N–H and O–H groups in total. The zero-order chi connectivity index (χ0) is 21.6. The number of rotatable bonds is 3. The Morgan fingerprint density at radius 3 is 2.48 bits per heavy atom. The van der Waals surface area contributed by atoms with Crippen molar-refractivity contribution in [3.8, 4) is 0 Å². The van der Waals surface area contributed by atoms with Crippen molar-refractivity contribution in [1.82, 2.24) is 4.98 Å². The fourth-order valence-corrected chi connectivity index (χ4v) is 4.78. The van der Waals surface area contributed by atoms with Crippen LogP contribution in [0.5, 0.6) is 0 Å². The number of nitrogens with zero attached hydrogens (tertiary/aromatic N) is 2. The zero-order valence-electron chi connectivity index (χ0n) is 16.1. The number of aliphatic imine (C=N–C) groups is 1. The number of halogens is 2. The first-order valence-corrected chi connectivity index (χ1v) is 10.4. The molecule has 2 heterocycles. The highest BCUT2D eigenvalue weighted by atomic mass is 32.3. The van der Waals surface area contributed by atoms with E-state index in [1.165, 1.54) is 18.2 Å². The van der Waals surface area contributed by atoms with Crippen molar-refractivity contribution in [2.24, 2.45) is 10.7 Å². The molecular formula is C19H22F2N4O3S. The fraction of sp³-hybridized carbons (Fsp3) is 0.316. The minimum Gasteiger partial charge on any atom is -0.386 e. The van der Waals surface area contributed by atoms with E-state index in [1.807, 2.05) is 0 Å². The highest BCUT2D eigenvalue weighted by Crippen LogP contribution is 2.59. The summed E-state index contributed by atoms with van der Waals surface area (Å²) >= 11 is 0. The van der Waals surface area contributed by atoms with Gasteiger partial charge in [0.1, 0.15) is 33.4 Å². The first-order chi connectivity index (χ1) is 13.4. The predicted octanol–water partition coefficient (Wildman–Crippen LogP) is 3.73. The molecule has 1 aromatic carbocycles. The van der Waals surface area contributed by atoms with Crippen molar-refractivity contribution in [3.05, 3.63) is 59.4 Å². The molecule has 3 rings (SSSR count). The smallest absolute Gasteiger partial charge is 0.274 e. The number of benzene rings is 1. The molecule has 2 aromatic rings. The number of amides is 1. The van der Waals surface area contributed by atoms with Crippen molar-refractivity contribution >= 4 is 28.0 Å². The van der Waals surface area contributed by atoms with E-state index in [-0.39, 0.29) is 28.5 Å². The molecule has 0 saturated heterocycles. The number of amidine groups is 1. The summed E-state index contributed by atoms with van der Waals surface area (Å²) in [5.74, 6) is -2.02. The first-order valence-electron chi connectivity index (χ1n) is 8.70. The Balaban J connectivity index is 1.96. The lowest BCUT2D eigenvalue weighted by Gasteiger charge is -2.53. The highest BCUT2D eigenvalue weighted by molar-refractivity contribution is 8.26. The molecule has 1 aromatic heterocycles. The van der Waals surface area contributed by atoms with Gasteiger partial charge in [0.05, 0.1) is 11.9 Å². The summed E-state index contributed by atoms with van der Waals surface area (Å²) in [4.78, 5) is 20.4. The number of carbonyl (C=O) groups is 1. The number of carbonyl (C=O) groups excluding carboxylic acids is 1. The number of hydrogen-bond donors (Lipinski definition) is 4. The minimum absolute atomic E-state index is 0.00982. The first kappa shape index (κ1) is 21.2. The van der Waals surface area contributed by atoms with E-state index in [4.69, 9.17) is 5.73 Å². The third-order valence-electron chi connectivity index (χ3n) is 5.05. The maximum Gasteiger partial charge on any atom is 0.274 e. The summed E-state index contributed by atoms with van der Waals surface area (Å²) in [6.45, 7) is 4.70. The lowest BCUT2D eigenvalue weighted by Crippen LogP contribution is -2.52. The lowest BCUT2D eigenvalue weighted by atomic mass is 9.92. The molecule has 0 bridgehead atoms. The second kappa shape index (κ2) is 7.05. The summed E-state index contributed by atoms with van der Waals surface area (Å²) in [5, 5.41) is 2.56. The standard InChI is InChI=1S/C19H22F2N4O3S/c1-18(2)17(22)25-19(3,10-29(18,27)28)13-8-12(5-6-14(13)21)24-16(26)15-7-4-11(20)9-23-15/h4-9,27-28H,10H2,1-3H3,(H2,22,25)(H,24,26)/t19-/m0/s1. The van der Waals surface area contributed by atoms with Crippen molar-refractivity contribution < 1.29 is 22.7 Å². The van der Waals surface area contributed by atoms with Gasteiger partial charge < -0.3 is 11.1 Å². The monoisotopic (exact) mass is 424 g/mol. The molecule has 1 aliphatic heterocycles. The second-order valence-corrected chi connectivity index (χ2v) is 10.2. The van der Waals surface area contributed by atoms with Gasteiger partial charge >= 0.3 is 0 Å². The van der Waals surface area contributed by atoms with Crippen LogP contribution in [0.4, 0.5) is 14.5 Å². The molecule has 29 heavy (non-hydrogen) atoms. The number of nitrogens with two attached hydrogens (primary N) is 1. The Hall–Kier alpha value is -2.56. The van der Waals surface area contributed by atoms with E-state index in [0.717, 1.165) is 18.3 Å². The van der Waals surface area contributed by atoms with Crippen LogP contribution in [-0.2, 0) is 5.54 Å². The number of aromatic nitrogens is 1. The van der Waals surface area contributed by atoms with E-state index in [2.05, 4.69) is 15.3 Å². The largest absolute Gasteiger partial charge is 0.386 e. The van der Waals surface area contributed by atoms with Crippen LogP contribution in [-0.4, -0.2) is 36.3 Å². The van der Waals surface area contributed by atoms with Gasteiger partial charge in [-0.1, -0.05) is 0 Å². The molecule has 1 amide bonds. The van der Waals surface area contributed by atoms with Crippen LogP contribution in [0.3, 0.4) is 0 Å². The Kier molecular flexibility index (Phi) is 5.14. The van der Waals surface area contributed by atoms with Gasteiger partial charge in [0.15, 0.2) is 0 Å². The van der Waals surface area contributed by atoms with Gasteiger partial charge in [0.25, 0.3) is 5.91 Å². The molecule has 7 nitrogen and oxygen atoms in total. The summed E-state index contributed by atoms with van der Waals surface area (Å²) < 4.78 is 47.7. The quantitative estimate of drug-likeness (QED) is 0.598. The Labute approximate surface area is 168 Å². The van der Waals surface area contributed by atoms with Crippen LogP contribution >= 0.6 is 10.6 Å². The number of nitrogens with one attached hydrogen (secondary N) is 1. The Morgan fingerprint density at radius 2 is 1.90 bits per heavy atom. The van der Waals surface area contributed by atoms with Crippen LogP contribution in [0.25, 0.3) is 0 Å². The summed E-state index contributed by atoms with van der Waals surface area (Å²) in [6.07, 6.45) is 0.915. The van der Waals surface area contributed by atoms with Gasteiger partial charge in [-0.2, -0.15) is 10.6 Å². The molecule has 0 unspecified atom stereocenters. The average molecular weight is 424 g/mol. The normalized spacial score (nSPS) is 23.8. The van der Waals surface area contributed by atoms with Gasteiger partial charge in [-0.25, -0.2) is 13.8 Å². The van der Waals surface area contributed by atoms with Gasteiger partial charge in [0, 0.05) is 11.3 Å². The molecule has 156 valence electrons. The van der Waals surface area contributed by atoms with E-state index >= 15 is 0 Å². The van der Waals surface area contributed by atoms with Crippen molar-refractivity contribution in [2.45, 2.75) is 31.1 Å². The van der Waals surface area contributed by atoms with Gasteiger partial charge in [0.2, 0.25) is 0 Å². The third kappa shape index (κ3) is 3.83. The Bertz CT molecular complexity index is 995. The summed E-state index contributed by atoms with van der Waals surface area (Å²) in [6, 6.07) is 6.18. The van der Waals surface area contributed by atoms with Crippen LogP contribution in [0.15, 0.2) is 41.5 Å². The molecule has 0 radical (unpaired) electrons. The van der Waals surface area contributed by atoms with Crippen LogP contribution < -0.4 is 11.1 Å². The van der Waals surface area contributed by atoms with E-state index in [1.54, 1.807) is 20.8 Å². The molecule has 0 aliphatic carbocycles. The highest BCUT2D eigenvalue weighted by Gasteiger charge is 2.49. The average Bonchev–Trinajstić information content (AvgIpc) is 2.62. The lowest BCUT2D eigenvalue weighted by molar-refractivity contribution is 0.102. The summed E-state index contributed by atoms with van der Waals surface area (Å²) in [5.41, 5.74) is 4.93. The van der Waals surface area contributed by atoms with E-state index in [9.17, 15) is 22.7 Å². The maximum absolute atomic E-state index is 14.6. The molecule has 1 aliphatic rings. The molecular weight excluding hydrogens is 402 g/mol. The van der Waals surface area contributed by atoms with Crippen LogP contribution in [0, 0.1) is 11.6 Å². The van der Waals surface area contributed by atoms with Crippen molar-refractivity contribution in [3.63, 3.8) is 0 Å². The van der Waals surface area contributed by atoms with Crippen molar-refractivity contribution in [1.29, 1.82) is 0 Å². The molecule has 0 fully saturated rings. The third-order valence-corrected chi connectivity index (χ3v) is 7.86. The molecule has 10 heteroatoms. The topological polar surface area (TPSA) is 121 Å².